The van der Waals surface area contributed by atoms with Crippen molar-refractivity contribution < 1.29 is 9.53 Å². The van der Waals surface area contributed by atoms with Crippen LogP contribution in [0, 0.1) is 11.3 Å². The zero-order valence-electron chi connectivity index (χ0n) is 11.8. The average molecular weight is 301 g/mol. The molecule has 6 heteroatoms. The van der Waals surface area contributed by atoms with Crippen LogP contribution in [0.15, 0.2) is 29.6 Å². The molecule has 1 aromatic carbocycles. The second kappa shape index (κ2) is 6.86. The summed E-state index contributed by atoms with van der Waals surface area (Å²) in [6, 6.07) is 8.62. The van der Waals surface area contributed by atoms with Crippen LogP contribution in [0.3, 0.4) is 0 Å². The van der Waals surface area contributed by atoms with Crippen LogP contribution >= 0.6 is 11.3 Å². The molecule has 0 aliphatic carbocycles. The molecule has 2 aromatic rings. The van der Waals surface area contributed by atoms with Crippen LogP contribution in [0.4, 0.5) is 5.13 Å². The first kappa shape index (κ1) is 15.0. The number of hydrogen-bond donors (Lipinski definition) is 1. The number of nitrogens with one attached hydrogen (secondary N) is 1. The summed E-state index contributed by atoms with van der Waals surface area (Å²) in [6.07, 6.45) is 0. The Bertz CT molecular complexity index is 656. The Morgan fingerprint density at radius 3 is 2.71 bits per heavy atom. The van der Waals surface area contributed by atoms with Gasteiger partial charge in [-0.3, -0.25) is 10.1 Å². The van der Waals surface area contributed by atoms with Gasteiger partial charge in [0.25, 0.3) is 5.91 Å². The predicted molar refractivity (Wildman–Crippen MR) is 81.5 cm³/mol. The van der Waals surface area contributed by atoms with E-state index in [1.807, 2.05) is 11.4 Å². The highest BCUT2D eigenvalue weighted by molar-refractivity contribution is 7.13. The maximum Gasteiger partial charge on any atom is 0.264 e. The second-order valence-corrected chi connectivity index (χ2v) is 5.56. The van der Waals surface area contributed by atoms with Crippen molar-refractivity contribution in [3.63, 3.8) is 0 Å². The lowest BCUT2D eigenvalue weighted by molar-refractivity contribution is -0.118. The van der Waals surface area contributed by atoms with Gasteiger partial charge in [-0.1, -0.05) is 13.8 Å². The lowest BCUT2D eigenvalue weighted by Crippen LogP contribution is -2.20. The Balaban J connectivity index is 1.85. The Hall–Kier alpha value is -2.39. The van der Waals surface area contributed by atoms with Crippen molar-refractivity contribution in [2.75, 3.05) is 11.9 Å². The molecule has 1 aromatic heterocycles. The molecular weight excluding hydrogens is 286 g/mol. The third-order valence-corrected chi connectivity index (χ3v) is 3.49. The summed E-state index contributed by atoms with van der Waals surface area (Å²) in [5, 5.41) is 13.9. The number of anilines is 1. The number of thiazole rings is 1. The Morgan fingerprint density at radius 1 is 1.43 bits per heavy atom. The number of aromatic nitrogens is 1. The number of hydrogen-bond acceptors (Lipinski definition) is 5. The summed E-state index contributed by atoms with van der Waals surface area (Å²) in [5.74, 6) is 0.622. The van der Waals surface area contributed by atoms with Gasteiger partial charge in [-0.25, -0.2) is 4.98 Å². The van der Waals surface area contributed by atoms with E-state index in [9.17, 15) is 4.79 Å². The highest BCUT2D eigenvalue weighted by Gasteiger charge is 2.09. The quantitative estimate of drug-likeness (QED) is 0.920. The summed E-state index contributed by atoms with van der Waals surface area (Å²) >= 11 is 1.40. The molecule has 0 bridgehead atoms. The minimum atomic E-state index is -0.260. The summed E-state index contributed by atoms with van der Waals surface area (Å²) in [4.78, 5) is 16.1. The molecule has 0 unspecified atom stereocenters. The van der Waals surface area contributed by atoms with E-state index in [0.717, 1.165) is 5.69 Å². The van der Waals surface area contributed by atoms with Gasteiger partial charge in [-0.05, 0) is 30.2 Å². The van der Waals surface area contributed by atoms with Crippen LogP contribution in [0.25, 0.3) is 0 Å². The normalized spacial score (nSPS) is 10.2. The highest BCUT2D eigenvalue weighted by Crippen LogP contribution is 2.21. The number of ether oxygens (including phenoxy) is 1. The molecule has 0 saturated carbocycles. The monoisotopic (exact) mass is 301 g/mol. The summed E-state index contributed by atoms with van der Waals surface area (Å²) in [6.45, 7) is 4.01. The lowest BCUT2D eigenvalue weighted by Gasteiger charge is -2.05. The van der Waals surface area contributed by atoms with Crippen molar-refractivity contribution in [3.05, 3.63) is 40.9 Å². The summed E-state index contributed by atoms with van der Waals surface area (Å²) in [5.41, 5.74) is 1.51. The van der Waals surface area contributed by atoms with E-state index >= 15 is 0 Å². The van der Waals surface area contributed by atoms with Gasteiger partial charge in [0.15, 0.2) is 11.7 Å². The maximum absolute atomic E-state index is 11.8. The standard InChI is InChI=1S/C15H15N3O2S/c1-10(2)13-9-21-15(17-13)18-14(19)8-20-12-5-3-11(7-16)4-6-12/h3-6,9-10H,8H2,1-2H3,(H,17,18,19). The lowest BCUT2D eigenvalue weighted by atomic mass is 10.2. The number of nitrogens with zero attached hydrogens (tertiary/aromatic N) is 2. The fourth-order valence-corrected chi connectivity index (χ4v) is 2.43. The molecule has 0 aliphatic rings. The van der Waals surface area contributed by atoms with Crippen LogP contribution in [-0.4, -0.2) is 17.5 Å². The van der Waals surface area contributed by atoms with Crippen molar-refractivity contribution in [3.8, 4) is 11.8 Å². The van der Waals surface area contributed by atoms with Crippen molar-refractivity contribution in [1.82, 2.24) is 4.98 Å². The van der Waals surface area contributed by atoms with Gasteiger partial charge in [0, 0.05) is 5.38 Å². The third-order valence-electron chi connectivity index (χ3n) is 2.71. The van der Waals surface area contributed by atoms with Crippen LogP contribution < -0.4 is 10.1 Å². The Kier molecular flexibility index (Phi) is 4.90. The van der Waals surface area contributed by atoms with Crippen molar-refractivity contribution >= 4 is 22.4 Å². The first-order valence-electron chi connectivity index (χ1n) is 6.46. The van der Waals surface area contributed by atoms with E-state index < -0.39 is 0 Å². The number of amides is 1. The number of carbonyl (C=O) groups excluding carboxylic acids is 1. The molecular formula is C15H15N3O2S. The van der Waals surface area contributed by atoms with Gasteiger partial charge in [-0.2, -0.15) is 5.26 Å². The van der Waals surface area contributed by atoms with E-state index in [1.165, 1.54) is 11.3 Å². The molecule has 0 saturated heterocycles. The molecule has 0 fully saturated rings. The van der Waals surface area contributed by atoms with Gasteiger partial charge >= 0.3 is 0 Å². The molecule has 5 nitrogen and oxygen atoms in total. The van der Waals surface area contributed by atoms with Crippen LogP contribution in [0.1, 0.15) is 31.0 Å². The number of rotatable bonds is 5. The first-order valence-corrected chi connectivity index (χ1v) is 7.34. The molecule has 1 heterocycles. The van der Waals surface area contributed by atoms with E-state index in [4.69, 9.17) is 10.00 Å². The van der Waals surface area contributed by atoms with Gasteiger partial charge in [0.2, 0.25) is 0 Å². The topological polar surface area (TPSA) is 75.0 Å². The first-order chi connectivity index (χ1) is 10.1. The maximum atomic E-state index is 11.8. The van der Waals surface area contributed by atoms with E-state index in [-0.39, 0.29) is 12.5 Å². The molecule has 21 heavy (non-hydrogen) atoms. The SMILES string of the molecule is CC(C)c1csc(NC(=O)COc2ccc(C#N)cc2)n1. The van der Waals surface area contributed by atoms with Gasteiger partial charge < -0.3 is 4.74 Å². The van der Waals surface area contributed by atoms with E-state index in [1.54, 1.807) is 24.3 Å². The molecule has 1 amide bonds. The molecule has 0 atom stereocenters. The minimum absolute atomic E-state index is 0.0947. The van der Waals surface area contributed by atoms with Gasteiger partial charge in [0.1, 0.15) is 5.75 Å². The molecule has 108 valence electrons. The van der Waals surface area contributed by atoms with Crippen LogP contribution in [-0.2, 0) is 4.79 Å². The largest absolute Gasteiger partial charge is 0.484 e. The molecule has 0 aliphatic heterocycles. The number of carbonyl (C=O) groups is 1. The molecule has 2 rings (SSSR count). The van der Waals surface area contributed by atoms with Crippen molar-refractivity contribution in [2.24, 2.45) is 0 Å². The molecule has 1 N–H and O–H groups in total. The third kappa shape index (κ3) is 4.29. The molecule has 0 radical (unpaired) electrons. The highest BCUT2D eigenvalue weighted by atomic mass is 32.1. The summed E-state index contributed by atoms with van der Waals surface area (Å²) in [7, 11) is 0. The van der Waals surface area contributed by atoms with Crippen LogP contribution in [0.5, 0.6) is 5.75 Å². The summed E-state index contributed by atoms with van der Waals surface area (Å²) < 4.78 is 5.35. The van der Waals surface area contributed by atoms with E-state index in [0.29, 0.717) is 22.4 Å². The van der Waals surface area contributed by atoms with Crippen LogP contribution in [0.2, 0.25) is 0 Å². The van der Waals surface area contributed by atoms with Crippen molar-refractivity contribution in [1.29, 1.82) is 5.26 Å². The van der Waals surface area contributed by atoms with E-state index in [2.05, 4.69) is 24.1 Å². The predicted octanol–water partition coefficient (Wildman–Crippen LogP) is 3.16. The molecule has 0 spiro atoms. The second-order valence-electron chi connectivity index (χ2n) is 4.71. The Morgan fingerprint density at radius 2 is 2.14 bits per heavy atom. The zero-order valence-corrected chi connectivity index (χ0v) is 12.6. The number of nitriles is 1. The number of benzene rings is 1. The average Bonchev–Trinajstić information content (AvgIpc) is 2.94. The van der Waals surface area contributed by atoms with Crippen molar-refractivity contribution in [2.45, 2.75) is 19.8 Å². The minimum Gasteiger partial charge on any atom is -0.484 e. The fourth-order valence-electron chi connectivity index (χ4n) is 1.54. The smallest absolute Gasteiger partial charge is 0.264 e. The Labute approximate surface area is 127 Å². The van der Waals surface area contributed by atoms with Gasteiger partial charge in [-0.15, -0.1) is 11.3 Å². The zero-order chi connectivity index (χ0) is 15.2. The van der Waals surface area contributed by atoms with Gasteiger partial charge in [0.05, 0.1) is 17.3 Å². The fraction of sp³-hybridized carbons (Fsp3) is 0.267.